The number of hydrogen-bond donors (Lipinski definition) is 1. The second-order valence-corrected chi connectivity index (χ2v) is 7.29. The minimum absolute atomic E-state index is 0.0175. The fourth-order valence-electron chi connectivity index (χ4n) is 3.64. The van der Waals surface area contributed by atoms with E-state index < -0.39 is 0 Å². The number of para-hydroxylation sites is 1. The smallest absolute Gasteiger partial charge is 0.290 e. The summed E-state index contributed by atoms with van der Waals surface area (Å²) in [6.45, 7) is 1.84. The van der Waals surface area contributed by atoms with Crippen LogP contribution in [0.15, 0.2) is 42.7 Å². The van der Waals surface area contributed by atoms with Gasteiger partial charge in [0, 0.05) is 18.5 Å². The van der Waals surface area contributed by atoms with E-state index in [-0.39, 0.29) is 12.5 Å². The van der Waals surface area contributed by atoms with Crippen LogP contribution in [0.3, 0.4) is 0 Å². The highest BCUT2D eigenvalue weighted by atomic mass is 16.5. The number of hydrogen-bond acceptors (Lipinski definition) is 9. The molecule has 1 fully saturated rings. The minimum atomic E-state index is -0.250. The van der Waals surface area contributed by atoms with Gasteiger partial charge >= 0.3 is 0 Å². The highest BCUT2D eigenvalue weighted by Gasteiger charge is 2.28. The molecule has 0 radical (unpaired) electrons. The average molecular weight is 452 g/mol. The third-order valence-electron chi connectivity index (χ3n) is 5.28. The third kappa shape index (κ3) is 4.81. The molecule has 33 heavy (non-hydrogen) atoms. The number of likely N-dealkylation sites (N-methyl/N-ethyl adjacent to an activating group) is 1. The Kier molecular flexibility index (Phi) is 6.86. The number of carboxylic acid groups (broad SMARTS) is 1. The number of nitrogens with zero attached hydrogens (tertiary/aromatic N) is 8. The third-order valence-corrected chi connectivity index (χ3v) is 5.28. The van der Waals surface area contributed by atoms with Crippen molar-refractivity contribution in [2.75, 3.05) is 33.9 Å². The van der Waals surface area contributed by atoms with Crippen molar-refractivity contribution in [3.63, 3.8) is 0 Å². The monoisotopic (exact) mass is 452 g/mol. The van der Waals surface area contributed by atoms with E-state index in [0.717, 1.165) is 23.7 Å². The van der Waals surface area contributed by atoms with Crippen LogP contribution in [-0.2, 0) is 16.0 Å². The number of benzene rings is 1. The largest absolute Gasteiger partial charge is 0.496 e. The first-order chi connectivity index (χ1) is 16.1. The zero-order valence-electron chi connectivity index (χ0n) is 18.3. The van der Waals surface area contributed by atoms with Crippen molar-refractivity contribution in [3.8, 4) is 11.6 Å². The lowest BCUT2D eigenvalue weighted by Crippen LogP contribution is -2.38. The molecule has 12 nitrogen and oxygen atoms in total. The molecule has 12 heteroatoms. The van der Waals surface area contributed by atoms with E-state index in [0.29, 0.717) is 36.9 Å². The Hall–Kier alpha value is -3.90. The molecule has 4 heterocycles. The summed E-state index contributed by atoms with van der Waals surface area (Å²) in [5.74, 6) is 2.95. The van der Waals surface area contributed by atoms with E-state index in [1.54, 1.807) is 22.6 Å². The molecule has 172 valence electrons. The summed E-state index contributed by atoms with van der Waals surface area (Å²) in [6, 6.07) is 11.6. The van der Waals surface area contributed by atoms with E-state index in [9.17, 15) is 0 Å². The molecule has 4 aromatic rings. The molecule has 0 amide bonds. The zero-order chi connectivity index (χ0) is 23.2. The topological polar surface area (TPSA) is 133 Å². The lowest BCUT2D eigenvalue weighted by molar-refractivity contribution is -0.122. The predicted molar refractivity (Wildman–Crippen MR) is 116 cm³/mol. The van der Waals surface area contributed by atoms with Crippen LogP contribution in [0.25, 0.3) is 11.5 Å². The Morgan fingerprint density at radius 1 is 1.24 bits per heavy atom. The standard InChI is InChI=1S/C20H22N8O2.CH2O2/c1-26-9-10-30-12-15(26)20-22-17(11-14-5-3-4-6-16(14)29-2)24-28(20)19-8-7-18-23-21-13-27(18)25-19;2-1-3/h3-8,13,15H,9-12H2,1-2H3;1H,(H,2,3)/t15-;/m1./s1. The first kappa shape index (κ1) is 22.3. The first-order valence-corrected chi connectivity index (χ1v) is 10.3. The van der Waals surface area contributed by atoms with Gasteiger partial charge in [0.05, 0.1) is 26.4 Å². The Balaban J connectivity index is 0.000000821. The van der Waals surface area contributed by atoms with Crippen LogP contribution in [-0.4, -0.2) is 85.0 Å². The molecule has 1 N–H and O–H groups in total. The number of morpholine rings is 1. The average Bonchev–Trinajstić information content (AvgIpc) is 3.47. The SMILES string of the molecule is COc1ccccc1Cc1nc([C@H]2COCCN2C)n(-c2ccc3nncn3n2)n1.O=CO. The number of fused-ring (bicyclic) bond motifs is 1. The number of carbonyl (C=O) groups is 1. The van der Waals surface area contributed by atoms with Gasteiger partial charge in [-0.15, -0.1) is 20.4 Å². The first-order valence-electron chi connectivity index (χ1n) is 10.3. The molecular weight excluding hydrogens is 428 g/mol. The summed E-state index contributed by atoms with van der Waals surface area (Å²) in [5.41, 5.74) is 1.70. The van der Waals surface area contributed by atoms with Gasteiger partial charge in [0.15, 0.2) is 23.1 Å². The van der Waals surface area contributed by atoms with Gasteiger partial charge < -0.3 is 14.6 Å². The Labute approximate surface area is 189 Å². The maximum Gasteiger partial charge on any atom is 0.290 e. The van der Waals surface area contributed by atoms with Crippen molar-refractivity contribution < 1.29 is 19.4 Å². The molecule has 1 atom stereocenters. The number of methoxy groups -OCH3 is 1. The van der Waals surface area contributed by atoms with Crippen molar-refractivity contribution in [1.29, 1.82) is 0 Å². The summed E-state index contributed by atoms with van der Waals surface area (Å²) < 4.78 is 14.6. The molecule has 1 aliphatic rings. The lowest BCUT2D eigenvalue weighted by Gasteiger charge is -2.31. The van der Waals surface area contributed by atoms with Gasteiger partial charge in [-0.1, -0.05) is 18.2 Å². The second kappa shape index (κ2) is 10.1. The molecular formula is C21H24N8O4. The maximum absolute atomic E-state index is 8.36. The summed E-state index contributed by atoms with van der Waals surface area (Å²) in [7, 11) is 3.74. The molecule has 5 rings (SSSR count). The van der Waals surface area contributed by atoms with Crippen molar-refractivity contribution in [2.24, 2.45) is 0 Å². The fraction of sp³-hybridized carbons (Fsp3) is 0.333. The van der Waals surface area contributed by atoms with Gasteiger partial charge in [-0.25, -0.2) is 4.98 Å². The van der Waals surface area contributed by atoms with Crippen LogP contribution in [0.5, 0.6) is 5.75 Å². The molecule has 1 saturated heterocycles. The predicted octanol–water partition coefficient (Wildman–Crippen LogP) is 1.01. The summed E-state index contributed by atoms with van der Waals surface area (Å²) in [5, 5.41) is 24.2. The Morgan fingerprint density at radius 2 is 2.06 bits per heavy atom. The molecule has 0 saturated carbocycles. The van der Waals surface area contributed by atoms with Crippen molar-refractivity contribution in [3.05, 3.63) is 59.9 Å². The zero-order valence-corrected chi connectivity index (χ0v) is 18.3. The van der Waals surface area contributed by atoms with E-state index in [4.69, 9.17) is 29.5 Å². The molecule has 0 spiro atoms. The van der Waals surface area contributed by atoms with Crippen LogP contribution in [0.1, 0.15) is 23.3 Å². The Bertz CT molecular complexity index is 1220. The summed E-state index contributed by atoms with van der Waals surface area (Å²) in [6.07, 6.45) is 2.12. The van der Waals surface area contributed by atoms with E-state index in [1.165, 1.54) is 0 Å². The lowest BCUT2D eigenvalue weighted by atomic mass is 10.1. The fourth-order valence-corrected chi connectivity index (χ4v) is 3.64. The van der Waals surface area contributed by atoms with Gasteiger partial charge in [0.25, 0.3) is 6.47 Å². The van der Waals surface area contributed by atoms with Crippen LogP contribution in [0, 0.1) is 0 Å². The van der Waals surface area contributed by atoms with E-state index in [2.05, 4.69) is 27.2 Å². The van der Waals surface area contributed by atoms with E-state index in [1.807, 2.05) is 36.4 Å². The van der Waals surface area contributed by atoms with Gasteiger partial charge in [-0.3, -0.25) is 9.69 Å². The van der Waals surface area contributed by atoms with Crippen molar-refractivity contribution in [1.82, 2.24) is 39.5 Å². The van der Waals surface area contributed by atoms with Gasteiger partial charge in [0.2, 0.25) is 0 Å². The minimum Gasteiger partial charge on any atom is -0.496 e. The number of ether oxygens (including phenoxy) is 2. The summed E-state index contributed by atoms with van der Waals surface area (Å²) >= 11 is 0. The van der Waals surface area contributed by atoms with Gasteiger partial charge in [-0.05, 0) is 25.2 Å². The molecule has 1 aliphatic heterocycles. The van der Waals surface area contributed by atoms with Crippen molar-refractivity contribution in [2.45, 2.75) is 12.5 Å². The quantitative estimate of drug-likeness (QED) is 0.437. The normalized spacial score (nSPS) is 16.2. The van der Waals surface area contributed by atoms with Crippen LogP contribution < -0.4 is 4.74 Å². The number of rotatable bonds is 5. The number of aromatic nitrogens is 7. The maximum atomic E-state index is 8.36. The molecule has 3 aromatic heterocycles. The van der Waals surface area contributed by atoms with Gasteiger partial charge in [0.1, 0.15) is 12.1 Å². The summed E-state index contributed by atoms with van der Waals surface area (Å²) in [4.78, 5) is 15.5. The second-order valence-electron chi connectivity index (χ2n) is 7.29. The van der Waals surface area contributed by atoms with Crippen LogP contribution in [0.2, 0.25) is 0 Å². The highest BCUT2D eigenvalue weighted by Crippen LogP contribution is 2.25. The molecule has 0 bridgehead atoms. The van der Waals surface area contributed by atoms with Crippen molar-refractivity contribution >= 4 is 12.1 Å². The molecule has 1 aromatic carbocycles. The van der Waals surface area contributed by atoms with E-state index >= 15 is 0 Å². The molecule has 0 unspecified atom stereocenters. The highest BCUT2D eigenvalue weighted by molar-refractivity contribution is 5.39. The van der Waals surface area contributed by atoms with Gasteiger partial charge in [-0.2, -0.15) is 9.20 Å². The van der Waals surface area contributed by atoms with Crippen LogP contribution in [0.4, 0.5) is 0 Å². The van der Waals surface area contributed by atoms with Crippen LogP contribution >= 0.6 is 0 Å². The molecule has 0 aliphatic carbocycles. The Morgan fingerprint density at radius 3 is 2.85 bits per heavy atom.